The number of piperidine rings is 1. The first-order valence-corrected chi connectivity index (χ1v) is 9.05. The maximum Gasteiger partial charge on any atom is 0.418 e. The number of nitrogens with one attached hydrogen (secondary N) is 2. The fourth-order valence-electron chi connectivity index (χ4n) is 3.37. The number of urea groups is 1. The van der Waals surface area contributed by atoms with Gasteiger partial charge in [0.05, 0.1) is 25.9 Å². The number of rotatable bonds is 7. The minimum absolute atomic E-state index is 0.0896. The van der Waals surface area contributed by atoms with Crippen molar-refractivity contribution in [2.45, 2.75) is 18.5 Å². The first kappa shape index (κ1) is 18.3. The summed E-state index contributed by atoms with van der Waals surface area (Å²) in [6.45, 7) is 1.39. The van der Waals surface area contributed by atoms with Gasteiger partial charge in [-0.1, -0.05) is 0 Å². The van der Waals surface area contributed by atoms with E-state index < -0.39 is 39.8 Å². The Bertz CT molecular complexity index is 652. The first-order valence-electron chi connectivity index (χ1n) is 7.68. The Morgan fingerprint density at radius 2 is 2.20 bits per heavy atom. The molecule has 0 aromatic rings. The summed E-state index contributed by atoms with van der Waals surface area (Å²) in [5.41, 5.74) is 1.69. The summed E-state index contributed by atoms with van der Waals surface area (Å²) in [4.78, 5) is 31.1. The number of fused-ring (bicyclic) bond motifs is 3. The molecule has 1 spiro atoms. The Kier molecular flexibility index (Phi) is 4.87. The van der Waals surface area contributed by atoms with Crippen LogP contribution in [0.4, 0.5) is 4.79 Å². The molecule has 0 saturated carbocycles. The number of hydrogen-bond acceptors (Lipinski definition) is 8. The lowest BCUT2D eigenvalue weighted by Gasteiger charge is -2.50. The van der Waals surface area contributed by atoms with Gasteiger partial charge < -0.3 is 15.0 Å². The van der Waals surface area contributed by atoms with Crippen molar-refractivity contribution in [3.8, 4) is 0 Å². The second kappa shape index (κ2) is 6.66. The van der Waals surface area contributed by atoms with Crippen molar-refractivity contribution in [2.75, 3.05) is 40.0 Å². The first-order chi connectivity index (χ1) is 11.8. The molecule has 25 heavy (non-hydrogen) atoms. The van der Waals surface area contributed by atoms with Crippen LogP contribution in [0.15, 0.2) is 0 Å². The van der Waals surface area contributed by atoms with Crippen LogP contribution in [0, 0.1) is 5.41 Å². The highest BCUT2D eigenvalue weighted by atomic mass is 32.3. The van der Waals surface area contributed by atoms with Crippen LogP contribution in [-0.4, -0.2) is 86.9 Å². The Hall–Kier alpha value is -1.51. The molecular formula is C12H20N4O8S. The molecule has 3 saturated heterocycles. The van der Waals surface area contributed by atoms with E-state index >= 15 is 0 Å². The van der Waals surface area contributed by atoms with Gasteiger partial charge in [-0.15, -0.1) is 4.28 Å². The van der Waals surface area contributed by atoms with Gasteiger partial charge in [0.25, 0.3) is 5.91 Å². The lowest BCUT2D eigenvalue weighted by atomic mass is 9.71. The van der Waals surface area contributed by atoms with E-state index in [0.29, 0.717) is 11.6 Å². The molecule has 0 radical (unpaired) electrons. The van der Waals surface area contributed by atoms with E-state index in [1.54, 1.807) is 7.05 Å². The predicted octanol–water partition coefficient (Wildman–Crippen LogP) is -2.12. The van der Waals surface area contributed by atoms with Crippen LogP contribution in [0.2, 0.25) is 0 Å². The lowest BCUT2D eigenvalue weighted by molar-refractivity contribution is -0.194. The summed E-state index contributed by atoms with van der Waals surface area (Å²) < 4.78 is 40.7. The molecule has 12 nitrogen and oxygen atoms in total. The van der Waals surface area contributed by atoms with Crippen LogP contribution in [0.1, 0.15) is 6.42 Å². The minimum atomic E-state index is -4.87. The number of amides is 3. The fourth-order valence-corrected chi connectivity index (χ4v) is 3.74. The summed E-state index contributed by atoms with van der Waals surface area (Å²) in [6, 6.07) is -2.29. The van der Waals surface area contributed by atoms with Crippen LogP contribution < -0.4 is 10.8 Å². The third-order valence-electron chi connectivity index (χ3n) is 4.65. The molecule has 0 aromatic heterocycles. The van der Waals surface area contributed by atoms with E-state index in [2.05, 4.69) is 15.1 Å². The number of ether oxygens (including phenoxy) is 1. The predicted molar refractivity (Wildman–Crippen MR) is 80.0 cm³/mol. The Morgan fingerprint density at radius 1 is 1.48 bits per heavy atom. The molecule has 142 valence electrons. The summed E-state index contributed by atoms with van der Waals surface area (Å²) in [5.74, 6) is -0.511. The molecule has 3 fully saturated rings. The van der Waals surface area contributed by atoms with E-state index in [-0.39, 0.29) is 32.8 Å². The highest BCUT2D eigenvalue weighted by molar-refractivity contribution is 7.80. The van der Waals surface area contributed by atoms with Crippen molar-refractivity contribution >= 4 is 22.3 Å². The van der Waals surface area contributed by atoms with Gasteiger partial charge >= 0.3 is 16.4 Å². The molecular weight excluding hydrogens is 360 g/mol. The second-order valence-electron chi connectivity index (χ2n) is 6.27. The summed E-state index contributed by atoms with van der Waals surface area (Å²) in [7, 11) is -3.13. The van der Waals surface area contributed by atoms with Crippen molar-refractivity contribution in [3.63, 3.8) is 0 Å². The van der Waals surface area contributed by atoms with Gasteiger partial charge in [-0.3, -0.25) is 14.2 Å². The van der Waals surface area contributed by atoms with Crippen LogP contribution in [-0.2, 0) is 29.1 Å². The molecule has 3 heterocycles. The van der Waals surface area contributed by atoms with Crippen LogP contribution >= 0.6 is 0 Å². The van der Waals surface area contributed by atoms with Crippen LogP contribution in [0.25, 0.3) is 0 Å². The average molecular weight is 380 g/mol. The van der Waals surface area contributed by atoms with Gasteiger partial charge in [-0.2, -0.15) is 13.5 Å². The SMILES string of the molecule is CNCCONC(=O)[C@@H]1CC2(COC2)[C@H]2CN1C(=O)N2OS(=O)(=O)O. The number of nitrogens with zero attached hydrogens (tertiary/aromatic N) is 2. The summed E-state index contributed by atoms with van der Waals surface area (Å²) >= 11 is 0. The third kappa shape index (κ3) is 3.43. The molecule has 3 aliphatic heterocycles. The Morgan fingerprint density at radius 3 is 2.76 bits per heavy atom. The zero-order valence-electron chi connectivity index (χ0n) is 13.5. The van der Waals surface area contributed by atoms with Crippen molar-refractivity contribution in [1.82, 2.24) is 20.8 Å². The quantitative estimate of drug-likeness (QED) is 0.256. The Balaban J connectivity index is 1.75. The molecule has 3 amide bonds. The molecule has 0 unspecified atom stereocenters. The van der Waals surface area contributed by atoms with E-state index in [0.717, 1.165) is 0 Å². The standard InChI is InChI=1S/C12H20N4O8S/c1-13-2-3-23-14-10(17)8-4-12(6-22-7-12)9-5-15(8)11(18)16(9)24-25(19,20)21/h8-9,13H,2-7H2,1H3,(H,14,17)(H,19,20,21)/t8-,9+/m0/s1. The van der Waals surface area contributed by atoms with Gasteiger partial charge in [0.15, 0.2) is 0 Å². The molecule has 2 bridgehead atoms. The molecule has 0 aromatic carbocycles. The van der Waals surface area contributed by atoms with E-state index in [1.807, 2.05) is 0 Å². The zero-order valence-corrected chi connectivity index (χ0v) is 14.3. The van der Waals surface area contributed by atoms with Gasteiger partial charge in [0.1, 0.15) is 6.04 Å². The largest absolute Gasteiger partial charge is 0.418 e. The molecule has 2 atom stereocenters. The van der Waals surface area contributed by atoms with Gasteiger partial charge in [-0.05, 0) is 13.5 Å². The van der Waals surface area contributed by atoms with Crippen molar-refractivity contribution in [2.24, 2.45) is 5.41 Å². The van der Waals surface area contributed by atoms with Crippen LogP contribution in [0.3, 0.4) is 0 Å². The van der Waals surface area contributed by atoms with Gasteiger partial charge in [0, 0.05) is 18.5 Å². The maximum absolute atomic E-state index is 12.5. The smallest absolute Gasteiger partial charge is 0.380 e. The topological polar surface area (TPSA) is 147 Å². The van der Waals surface area contributed by atoms with E-state index in [1.165, 1.54) is 4.90 Å². The van der Waals surface area contributed by atoms with Gasteiger partial charge in [-0.25, -0.2) is 10.3 Å². The number of carbonyl (C=O) groups is 2. The van der Waals surface area contributed by atoms with Crippen LogP contribution in [0.5, 0.6) is 0 Å². The number of likely N-dealkylation sites (N-methyl/N-ethyl adjacent to an activating group) is 1. The third-order valence-corrected chi connectivity index (χ3v) is 5.00. The zero-order chi connectivity index (χ0) is 18.2. The molecule has 13 heteroatoms. The highest BCUT2D eigenvalue weighted by Gasteiger charge is 2.63. The lowest BCUT2D eigenvalue weighted by Crippen LogP contribution is -2.63. The van der Waals surface area contributed by atoms with E-state index in [4.69, 9.17) is 14.1 Å². The number of hydrogen-bond donors (Lipinski definition) is 3. The van der Waals surface area contributed by atoms with Gasteiger partial charge in [0.2, 0.25) is 0 Å². The summed E-state index contributed by atoms with van der Waals surface area (Å²) in [5, 5.41) is 3.47. The number of hydroxylamine groups is 3. The molecule has 3 N–H and O–H groups in total. The van der Waals surface area contributed by atoms with Crippen molar-refractivity contribution < 1.29 is 36.4 Å². The summed E-state index contributed by atoms with van der Waals surface area (Å²) in [6.07, 6.45) is 0.274. The fraction of sp³-hybridized carbons (Fsp3) is 0.833. The minimum Gasteiger partial charge on any atom is -0.380 e. The molecule has 0 aliphatic carbocycles. The van der Waals surface area contributed by atoms with Crippen molar-refractivity contribution in [1.29, 1.82) is 0 Å². The monoisotopic (exact) mass is 380 g/mol. The highest BCUT2D eigenvalue weighted by Crippen LogP contribution is 2.47. The average Bonchev–Trinajstić information content (AvgIpc) is 2.76. The second-order valence-corrected chi connectivity index (χ2v) is 7.28. The van der Waals surface area contributed by atoms with E-state index in [9.17, 15) is 18.0 Å². The normalized spacial score (nSPS) is 27.5. The van der Waals surface area contributed by atoms with Crippen molar-refractivity contribution in [3.05, 3.63) is 0 Å². The Labute approximate surface area is 144 Å². The maximum atomic E-state index is 12.5. The molecule has 3 rings (SSSR count). The number of carbonyl (C=O) groups excluding carboxylic acids is 2. The molecule has 3 aliphatic rings.